The monoisotopic (exact) mass is 653 g/mol. The summed E-state index contributed by atoms with van der Waals surface area (Å²) < 4.78 is 18.8. The summed E-state index contributed by atoms with van der Waals surface area (Å²) in [6.07, 6.45) is 0.261. The first-order chi connectivity index (χ1) is 23.3. The third-order valence-electron chi connectivity index (χ3n) is 8.43. The van der Waals surface area contributed by atoms with Crippen molar-refractivity contribution in [1.29, 1.82) is 0 Å². The SMILES string of the molecule is CCNC(=O)Cc1noc(-c2cc(C(C)C)c(OCc3ccccc3)cc2OCc2ccccc2)c1NC(=O)CCN1CCN(C)CC1. The highest BCUT2D eigenvalue weighted by atomic mass is 16.5. The van der Waals surface area contributed by atoms with E-state index >= 15 is 0 Å². The van der Waals surface area contributed by atoms with Crippen LogP contribution in [0.15, 0.2) is 77.3 Å². The lowest BCUT2D eigenvalue weighted by Gasteiger charge is -2.32. The number of hydrogen-bond acceptors (Lipinski definition) is 8. The van der Waals surface area contributed by atoms with Crippen molar-refractivity contribution in [2.75, 3.05) is 51.6 Å². The third kappa shape index (κ3) is 9.45. The van der Waals surface area contributed by atoms with Gasteiger partial charge in [-0.3, -0.25) is 9.59 Å². The molecular weight excluding hydrogens is 606 g/mol. The minimum atomic E-state index is -0.210. The summed E-state index contributed by atoms with van der Waals surface area (Å²) in [5.74, 6) is 1.26. The van der Waals surface area contributed by atoms with Crippen LogP contribution in [0.2, 0.25) is 0 Å². The minimum absolute atomic E-state index is 0.0407. The van der Waals surface area contributed by atoms with Crippen molar-refractivity contribution in [3.63, 3.8) is 0 Å². The Hall–Kier alpha value is -4.67. The predicted octanol–water partition coefficient (Wildman–Crippen LogP) is 5.88. The van der Waals surface area contributed by atoms with Crippen molar-refractivity contribution in [2.24, 2.45) is 0 Å². The van der Waals surface area contributed by atoms with Gasteiger partial charge in [-0.05, 0) is 42.6 Å². The van der Waals surface area contributed by atoms with Crippen molar-refractivity contribution in [2.45, 2.75) is 52.7 Å². The summed E-state index contributed by atoms with van der Waals surface area (Å²) in [6.45, 7) is 11.7. The first-order valence-corrected chi connectivity index (χ1v) is 16.8. The highest BCUT2D eigenvalue weighted by Crippen LogP contribution is 2.43. The van der Waals surface area contributed by atoms with E-state index in [0.29, 0.717) is 66.9 Å². The Bertz CT molecular complexity index is 1630. The van der Waals surface area contributed by atoms with Crippen LogP contribution in [0.5, 0.6) is 11.5 Å². The van der Waals surface area contributed by atoms with Crippen LogP contribution < -0.4 is 20.1 Å². The zero-order chi connectivity index (χ0) is 33.9. The maximum atomic E-state index is 13.4. The number of rotatable bonds is 15. The Balaban J connectivity index is 1.50. The van der Waals surface area contributed by atoms with Gasteiger partial charge in [-0.2, -0.15) is 0 Å². The highest BCUT2D eigenvalue weighted by Gasteiger charge is 2.27. The summed E-state index contributed by atoms with van der Waals surface area (Å²) in [5.41, 5.74) is 4.34. The number of anilines is 1. The molecule has 0 saturated carbocycles. The minimum Gasteiger partial charge on any atom is -0.488 e. The van der Waals surface area contributed by atoms with E-state index in [1.54, 1.807) is 0 Å². The first kappa shape index (κ1) is 34.7. The van der Waals surface area contributed by atoms with Gasteiger partial charge in [-0.25, -0.2) is 0 Å². The number of likely N-dealkylation sites (N-methyl/N-ethyl adjacent to an activating group) is 2. The Morgan fingerprint density at radius 1 is 0.875 bits per heavy atom. The quantitative estimate of drug-likeness (QED) is 0.164. The van der Waals surface area contributed by atoms with E-state index in [1.807, 2.05) is 79.7 Å². The number of hydrogen-bond donors (Lipinski definition) is 2. The van der Waals surface area contributed by atoms with Crippen molar-refractivity contribution >= 4 is 17.5 Å². The number of benzene rings is 3. The molecule has 1 aliphatic heterocycles. The fourth-order valence-electron chi connectivity index (χ4n) is 5.62. The molecule has 10 nitrogen and oxygen atoms in total. The number of ether oxygens (including phenoxy) is 2. The molecule has 48 heavy (non-hydrogen) atoms. The molecule has 1 saturated heterocycles. The number of aromatic nitrogens is 1. The number of amides is 2. The molecule has 1 aliphatic rings. The lowest BCUT2D eigenvalue weighted by molar-refractivity contribution is -0.120. The first-order valence-electron chi connectivity index (χ1n) is 16.8. The molecule has 0 bridgehead atoms. The normalized spacial score (nSPS) is 13.8. The average Bonchev–Trinajstić information content (AvgIpc) is 3.47. The van der Waals surface area contributed by atoms with Crippen molar-refractivity contribution in [3.8, 4) is 22.8 Å². The van der Waals surface area contributed by atoms with Crippen LogP contribution in [0.4, 0.5) is 5.69 Å². The molecule has 10 heteroatoms. The van der Waals surface area contributed by atoms with Crippen LogP contribution in [0.3, 0.4) is 0 Å². The summed E-state index contributed by atoms with van der Waals surface area (Å²) in [4.78, 5) is 30.7. The van der Waals surface area contributed by atoms with E-state index in [9.17, 15) is 9.59 Å². The van der Waals surface area contributed by atoms with Gasteiger partial charge in [0.2, 0.25) is 11.8 Å². The Morgan fingerprint density at radius 2 is 1.50 bits per heavy atom. The molecule has 4 aromatic rings. The van der Waals surface area contributed by atoms with Gasteiger partial charge in [0.25, 0.3) is 0 Å². The Morgan fingerprint density at radius 3 is 2.10 bits per heavy atom. The molecule has 2 heterocycles. The zero-order valence-corrected chi connectivity index (χ0v) is 28.5. The Labute approximate surface area is 283 Å². The molecule has 0 unspecified atom stereocenters. The molecule has 0 atom stereocenters. The topological polar surface area (TPSA) is 109 Å². The number of piperazine rings is 1. The molecule has 0 spiro atoms. The summed E-state index contributed by atoms with van der Waals surface area (Å²) >= 11 is 0. The van der Waals surface area contributed by atoms with Gasteiger partial charge >= 0.3 is 0 Å². The largest absolute Gasteiger partial charge is 0.488 e. The van der Waals surface area contributed by atoms with Crippen molar-refractivity contribution in [3.05, 3.63) is 95.2 Å². The van der Waals surface area contributed by atoms with E-state index in [1.165, 1.54) is 0 Å². The van der Waals surface area contributed by atoms with E-state index in [4.69, 9.17) is 14.0 Å². The number of nitrogens with one attached hydrogen (secondary N) is 2. The van der Waals surface area contributed by atoms with E-state index < -0.39 is 0 Å². The molecule has 5 rings (SSSR count). The molecule has 3 aromatic carbocycles. The van der Waals surface area contributed by atoms with Crippen LogP contribution in [0.25, 0.3) is 11.3 Å². The number of carbonyl (C=O) groups excluding carboxylic acids is 2. The maximum Gasteiger partial charge on any atom is 0.226 e. The lowest BCUT2D eigenvalue weighted by atomic mass is 9.97. The molecule has 0 aliphatic carbocycles. The van der Waals surface area contributed by atoms with Crippen LogP contribution in [-0.2, 0) is 29.2 Å². The molecule has 2 amide bonds. The second-order valence-electron chi connectivity index (χ2n) is 12.5. The van der Waals surface area contributed by atoms with Crippen LogP contribution in [-0.4, -0.2) is 73.1 Å². The summed E-state index contributed by atoms with van der Waals surface area (Å²) in [7, 11) is 2.11. The molecule has 1 aromatic heterocycles. The van der Waals surface area contributed by atoms with Gasteiger partial charge in [0.15, 0.2) is 5.76 Å². The van der Waals surface area contributed by atoms with Gasteiger partial charge in [-0.1, -0.05) is 79.7 Å². The summed E-state index contributed by atoms with van der Waals surface area (Å²) in [5, 5.41) is 10.2. The molecule has 1 fully saturated rings. The van der Waals surface area contributed by atoms with Gasteiger partial charge in [-0.15, -0.1) is 0 Å². The smallest absolute Gasteiger partial charge is 0.226 e. The van der Waals surface area contributed by atoms with Gasteiger partial charge in [0.1, 0.15) is 36.1 Å². The molecule has 254 valence electrons. The number of carbonyl (C=O) groups is 2. The Kier molecular flexibility index (Phi) is 12.2. The fourth-order valence-corrected chi connectivity index (χ4v) is 5.62. The summed E-state index contributed by atoms with van der Waals surface area (Å²) in [6, 6.07) is 23.8. The number of nitrogens with zero attached hydrogens (tertiary/aromatic N) is 3. The predicted molar refractivity (Wildman–Crippen MR) is 187 cm³/mol. The fraction of sp³-hybridized carbons (Fsp3) is 0.395. The van der Waals surface area contributed by atoms with E-state index in [2.05, 4.69) is 46.5 Å². The maximum absolute atomic E-state index is 13.4. The van der Waals surface area contributed by atoms with E-state index in [-0.39, 0.29) is 24.2 Å². The second-order valence-corrected chi connectivity index (χ2v) is 12.5. The van der Waals surface area contributed by atoms with Crippen LogP contribution >= 0.6 is 0 Å². The highest BCUT2D eigenvalue weighted by molar-refractivity contribution is 5.97. The lowest BCUT2D eigenvalue weighted by Crippen LogP contribution is -2.45. The molecule has 2 N–H and O–H groups in total. The van der Waals surface area contributed by atoms with Gasteiger partial charge in [0, 0.05) is 51.8 Å². The second kappa shape index (κ2) is 16.9. The molecule has 0 radical (unpaired) electrons. The van der Waals surface area contributed by atoms with Gasteiger partial charge < -0.3 is 34.4 Å². The standard InChI is InChI=1S/C38H47N5O5/c1-5-39-36(45)23-32-37(40-35(44)16-17-43-20-18-42(4)19-21-43)38(48-41-32)31-22-30(27(2)3)33(46-25-28-12-8-6-9-13-28)24-34(31)47-26-29-14-10-7-11-15-29/h6-15,22,24,27H,5,16-21,23,25-26H2,1-4H3,(H,39,45)(H,40,44). The third-order valence-corrected chi connectivity index (χ3v) is 8.43. The van der Waals surface area contributed by atoms with Crippen molar-refractivity contribution < 1.29 is 23.6 Å². The van der Waals surface area contributed by atoms with Crippen LogP contribution in [0, 0.1) is 0 Å². The van der Waals surface area contributed by atoms with Crippen LogP contribution in [0.1, 0.15) is 55.5 Å². The van der Waals surface area contributed by atoms with Crippen molar-refractivity contribution in [1.82, 2.24) is 20.3 Å². The van der Waals surface area contributed by atoms with Gasteiger partial charge in [0.05, 0.1) is 12.0 Å². The van der Waals surface area contributed by atoms with E-state index in [0.717, 1.165) is 42.9 Å². The molecular formula is C38H47N5O5. The average molecular weight is 654 g/mol. The zero-order valence-electron chi connectivity index (χ0n) is 28.5.